The molecule has 1 N–H and O–H groups in total. The van der Waals surface area contributed by atoms with Crippen molar-refractivity contribution in [2.75, 3.05) is 52.5 Å². The van der Waals surface area contributed by atoms with E-state index in [1.165, 1.54) is 19.3 Å². The molecule has 35 heavy (non-hydrogen) atoms. The molecule has 3 amide bonds. The van der Waals surface area contributed by atoms with Crippen molar-refractivity contribution in [3.63, 3.8) is 0 Å². The molecular formula is C25H40N6O4. The van der Waals surface area contributed by atoms with E-state index in [-0.39, 0.29) is 30.6 Å². The van der Waals surface area contributed by atoms with Crippen LogP contribution in [0.15, 0.2) is 0 Å². The van der Waals surface area contributed by atoms with Gasteiger partial charge in [0, 0.05) is 82.9 Å². The van der Waals surface area contributed by atoms with Gasteiger partial charge < -0.3 is 24.8 Å². The summed E-state index contributed by atoms with van der Waals surface area (Å²) in [6.07, 6.45) is 5.79. The van der Waals surface area contributed by atoms with E-state index >= 15 is 0 Å². The second-order valence-corrected chi connectivity index (χ2v) is 9.95. The van der Waals surface area contributed by atoms with E-state index in [1.807, 2.05) is 7.05 Å². The average Bonchev–Trinajstić information content (AvgIpc) is 3.21. The Morgan fingerprint density at radius 2 is 1.86 bits per heavy atom. The second-order valence-electron chi connectivity index (χ2n) is 9.95. The summed E-state index contributed by atoms with van der Waals surface area (Å²) in [7, 11) is 1.85. The monoisotopic (exact) mass is 488 g/mol. The molecule has 1 aromatic rings. The van der Waals surface area contributed by atoms with Gasteiger partial charge in [0.15, 0.2) is 5.69 Å². The summed E-state index contributed by atoms with van der Waals surface area (Å²) in [6, 6.07) is 0.631. The van der Waals surface area contributed by atoms with Gasteiger partial charge in [0.25, 0.3) is 5.91 Å². The van der Waals surface area contributed by atoms with E-state index in [9.17, 15) is 14.4 Å². The summed E-state index contributed by atoms with van der Waals surface area (Å²) in [5.41, 5.74) is 2.27. The van der Waals surface area contributed by atoms with Crippen molar-refractivity contribution in [1.82, 2.24) is 29.8 Å². The maximum absolute atomic E-state index is 13.1. The number of hydrogen-bond acceptors (Lipinski definition) is 6. The number of rotatable bonds is 8. The van der Waals surface area contributed by atoms with Crippen molar-refractivity contribution in [2.45, 2.75) is 64.5 Å². The first-order chi connectivity index (χ1) is 16.9. The molecule has 0 spiro atoms. The van der Waals surface area contributed by atoms with Crippen molar-refractivity contribution >= 4 is 17.7 Å². The molecule has 10 heteroatoms. The highest BCUT2D eigenvalue weighted by Crippen LogP contribution is 2.24. The zero-order chi connectivity index (χ0) is 24.8. The fourth-order valence-corrected chi connectivity index (χ4v) is 5.36. The standard InChI is InChI=1S/C25H40N6O4/c1-19-6-3-4-11-29(19)12-5-10-26-22(32)7-8-23(33)31-13-9-21-20(18-31)24(27-28(21)2)25(34)30-14-16-35-17-15-30/h19H,3-18H2,1-2H3,(H,26,32). The van der Waals surface area contributed by atoms with Crippen LogP contribution in [0, 0.1) is 0 Å². The molecule has 2 saturated heterocycles. The number of amides is 3. The molecule has 1 unspecified atom stereocenters. The molecule has 194 valence electrons. The van der Waals surface area contributed by atoms with E-state index in [0.717, 1.165) is 30.8 Å². The van der Waals surface area contributed by atoms with Gasteiger partial charge in [-0.3, -0.25) is 19.1 Å². The molecular weight excluding hydrogens is 448 g/mol. The molecule has 1 aromatic heterocycles. The Balaban J connectivity index is 1.22. The van der Waals surface area contributed by atoms with Crippen LogP contribution < -0.4 is 5.32 Å². The third kappa shape index (κ3) is 6.41. The highest BCUT2D eigenvalue weighted by atomic mass is 16.5. The molecule has 1 atom stereocenters. The number of hydrogen-bond donors (Lipinski definition) is 1. The van der Waals surface area contributed by atoms with Crippen LogP contribution in [0.25, 0.3) is 0 Å². The summed E-state index contributed by atoms with van der Waals surface area (Å²) in [5, 5.41) is 7.46. The lowest BCUT2D eigenvalue weighted by atomic mass is 10.0. The summed E-state index contributed by atoms with van der Waals surface area (Å²) in [6.45, 7) is 8.19. The molecule has 4 rings (SSSR count). The molecule has 2 fully saturated rings. The van der Waals surface area contributed by atoms with Gasteiger partial charge in [-0.2, -0.15) is 5.10 Å². The predicted molar refractivity (Wildman–Crippen MR) is 131 cm³/mol. The molecule has 0 saturated carbocycles. The normalized spacial score (nSPS) is 21.0. The van der Waals surface area contributed by atoms with Gasteiger partial charge in [-0.15, -0.1) is 0 Å². The lowest BCUT2D eigenvalue weighted by molar-refractivity contribution is -0.134. The Labute approximate surface area is 207 Å². The minimum absolute atomic E-state index is 0.0541. The number of carbonyl (C=O) groups excluding carboxylic acids is 3. The van der Waals surface area contributed by atoms with Gasteiger partial charge in [-0.25, -0.2) is 0 Å². The SMILES string of the molecule is CC1CCCCN1CCCNC(=O)CCC(=O)N1CCc2c(c(C(=O)N3CCOCC3)nn2C)C1. The number of carbonyl (C=O) groups is 3. The Morgan fingerprint density at radius 3 is 2.63 bits per heavy atom. The van der Waals surface area contributed by atoms with Crippen LogP contribution >= 0.6 is 0 Å². The summed E-state index contributed by atoms with van der Waals surface area (Å²) >= 11 is 0. The number of aryl methyl sites for hydroxylation is 1. The number of likely N-dealkylation sites (tertiary alicyclic amines) is 1. The zero-order valence-electron chi connectivity index (χ0n) is 21.3. The molecule has 3 aliphatic heterocycles. The number of fused-ring (bicyclic) bond motifs is 1. The van der Waals surface area contributed by atoms with Gasteiger partial charge in [0.1, 0.15) is 0 Å². The van der Waals surface area contributed by atoms with Gasteiger partial charge >= 0.3 is 0 Å². The lowest BCUT2D eigenvalue weighted by Gasteiger charge is -2.33. The van der Waals surface area contributed by atoms with Crippen LogP contribution in [0.2, 0.25) is 0 Å². The van der Waals surface area contributed by atoms with Crippen molar-refractivity contribution in [2.24, 2.45) is 7.05 Å². The molecule has 0 bridgehead atoms. The van der Waals surface area contributed by atoms with E-state index in [4.69, 9.17) is 4.74 Å². The van der Waals surface area contributed by atoms with Crippen molar-refractivity contribution in [1.29, 1.82) is 0 Å². The highest BCUT2D eigenvalue weighted by molar-refractivity contribution is 5.94. The summed E-state index contributed by atoms with van der Waals surface area (Å²) in [4.78, 5) is 44.2. The smallest absolute Gasteiger partial charge is 0.274 e. The third-order valence-electron chi connectivity index (χ3n) is 7.55. The zero-order valence-corrected chi connectivity index (χ0v) is 21.3. The molecule has 0 radical (unpaired) electrons. The van der Waals surface area contributed by atoms with Gasteiger partial charge in [0.2, 0.25) is 11.8 Å². The third-order valence-corrected chi connectivity index (χ3v) is 7.55. The Bertz CT molecular complexity index is 910. The van der Waals surface area contributed by atoms with Crippen LogP contribution in [0.3, 0.4) is 0 Å². The van der Waals surface area contributed by atoms with Gasteiger partial charge in [0.05, 0.1) is 13.2 Å². The van der Waals surface area contributed by atoms with Crippen molar-refractivity contribution in [3.8, 4) is 0 Å². The number of morpholine rings is 1. The van der Waals surface area contributed by atoms with Crippen LogP contribution in [-0.2, 0) is 34.3 Å². The number of ether oxygens (including phenoxy) is 1. The minimum Gasteiger partial charge on any atom is -0.378 e. The van der Waals surface area contributed by atoms with Crippen molar-refractivity contribution < 1.29 is 19.1 Å². The first kappa shape index (κ1) is 25.6. The summed E-state index contributed by atoms with van der Waals surface area (Å²) < 4.78 is 7.12. The topological polar surface area (TPSA) is 100 Å². The molecule has 0 aromatic carbocycles. The highest BCUT2D eigenvalue weighted by Gasteiger charge is 2.31. The fourth-order valence-electron chi connectivity index (χ4n) is 5.36. The number of aromatic nitrogens is 2. The molecule has 0 aliphatic carbocycles. The van der Waals surface area contributed by atoms with E-state index in [2.05, 4.69) is 22.2 Å². The average molecular weight is 489 g/mol. The Hall–Kier alpha value is -2.46. The fraction of sp³-hybridized carbons (Fsp3) is 0.760. The number of nitrogens with zero attached hydrogens (tertiary/aromatic N) is 5. The maximum atomic E-state index is 13.1. The summed E-state index contributed by atoms with van der Waals surface area (Å²) in [5.74, 6) is -0.230. The van der Waals surface area contributed by atoms with E-state index < -0.39 is 0 Å². The maximum Gasteiger partial charge on any atom is 0.274 e. The molecule has 3 aliphatic rings. The van der Waals surface area contributed by atoms with Crippen LogP contribution in [0.5, 0.6) is 0 Å². The first-order valence-corrected chi connectivity index (χ1v) is 13.1. The predicted octanol–water partition coefficient (Wildman–Crippen LogP) is 0.938. The number of nitrogens with one attached hydrogen (secondary N) is 1. The molecule has 10 nitrogen and oxygen atoms in total. The van der Waals surface area contributed by atoms with Crippen LogP contribution in [0.1, 0.15) is 67.2 Å². The van der Waals surface area contributed by atoms with Gasteiger partial charge in [-0.05, 0) is 32.7 Å². The minimum atomic E-state index is -0.0993. The van der Waals surface area contributed by atoms with Crippen LogP contribution in [-0.4, -0.2) is 101 Å². The second kappa shape index (κ2) is 12.0. The Kier molecular flexibility index (Phi) is 8.78. The lowest BCUT2D eigenvalue weighted by Crippen LogP contribution is -2.42. The van der Waals surface area contributed by atoms with E-state index in [1.54, 1.807) is 14.5 Å². The molecule has 4 heterocycles. The Morgan fingerprint density at radius 1 is 1.06 bits per heavy atom. The van der Waals surface area contributed by atoms with Gasteiger partial charge in [-0.1, -0.05) is 6.42 Å². The van der Waals surface area contributed by atoms with E-state index in [0.29, 0.717) is 64.1 Å². The first-order valence-electron chi connectivity index (χ1n) is 13.1. The largest absolute Gasteiger partial charge is 0.378 e. The van der Waals surface area contributed by atoms with Crippen LogP contribution in [0.4, 0.5) is 0 Å². The van der Waals surface area contributed by atoms with Crippen molar-refractivity contribution in [3.05, 3.63) is 17.0 Å². The quantitative estimate of drug-likeness (QED) is 0.547. The number of piperidine rings is 1.